The molecule has 3 heterocycles. The smallest absolute Gasteiger partial charge is 0.358 e. The van der Waals surface area contributed by atoms with Gasteiger partial charge in [0.1, 0.15) is 5.01 Å². The lowest BCUT2D eigenvalue weighted by Crippen LogP contribution is -2.28. The van der Waals surface area contributed by atoms with Gasteiger partial charge >= 0.3 is 5.97 Å². The Balaban J connectivity index is 1.94. The van der Waals surface area contributed by atoms with Crippen molar-refractivity contribution in [2.24, 2.45) is 0 Å². The standard InChI is InChI=1S/C12H15N5O2S/c18-12(19)10-11(8-1-3-13-4-2-8)17(16-15-10)7-9-14-5-6-20-9/h5-6,8,13H,1-4,7H2,(H,18,19). The number of carboxylic acid groups (broad SMARTS) is 1. The van der Waals surface area contributed by atoms with Crippen LogP contribution in [-0.2, 0) is 6.54 Å². The Bertz CT molecular complexity index is 589. The molecule has 3 rings (SSSR count). The first-order valence-electron chi connectivity index (χ1n) is 6.51. The van der Waals surface area contributed by atoms with E-state index in [1.807, 2.05) is 5.38 Å². The lowest BCUT2D eigenvalue weighted by atomic mass is 9.93. The first-order chi connectivity index (χ1) is 9.75. The fourth-order valence-corrected chi connectivity index (χ4v) is 3.15. The highest BCUT2D eigenvalue weighted by atomic mass is 32.1. The van der Waals surface area contributed by atoms with Crippen molar-refractivity contribution in [2.45, 2.75) is 25.3 Å². The van der Waals surface area contributed by atoms with Crippen LogP contribution in [0.2, 0.25) is 0 Å². The maximum absolute atomic E-state index is 11.3. The van der Waals surface area contributed by atoms with Crippen molar-refractivity contribution in [3.05, 3.63) is 28.0 Å². The van der Waals surface area contributed by atoms with Gasteiger partial charge in [0.25, 0.3) is 0 Å². The minimum absolute atomic E-state index is 0.0773. The molecule has 2 aromatic rings. The number of rotatable bonds is 4. The predicted octanol–water partition coefficient (Wildman–Crippen LogP) is 0.948. The molecule has 2 aromatic heterocycles. The Morgan fingerprint density at radius 3 is 2.95 bits per heavy atom. The first kappa shape index (κ1) is 13.2. The molecule has 0 radical (unpaired) electrons. The third-order valence-electron chi connectivity index (χ3n) is 3.47. The number of hydrogen-bond donors (Lipinski definition) is 2. The van der Waals surface area contributed by atoms with Crippen LogP contribution < -0.4 is 5.32 Å². The number of carboxylic acids is 1. The van der Waals surface area contributed by atoms with Crippen LogP contribution in [0.4, 0.5) is 0 Å². The summed E-state index contributed by atoms with van der Waals surface area (Å²) in [6.45, 7) is 2.27. The molecule has 0 aromatic carbocycles. The van der Waals surface area contributed by atoms with E-state index in [-0.39, 0.29) is 11.6 Å². The third-order valence-corrected chi connectivity index (χ3v) is 4.23. The summed E-state index contributed by atoms with van der Waals surface area (Å²) in [5.41, 5.74) is 0.808. The molecule has 2 N–H and O–H groups in total. The van der Waals surface area contributed by atoms with Crippen molar-refractivity contribution in [3.63, 3.8) is 0 Å². The molecule has 0 saturated carbocycles. The number of aromatic carboxylic acids is 1. The highest BCUT2D eigenvalue weighted by Gasteiger charge is 2.27. The summed E-state index contributed by atoms with van der Waals surface area (Å²) in [6, 6.07) is 0. The summed E-state index contributed by atoms with van der Waals surface area (Å²) in [5, 5.41) is 23.2. The van der Waals surface area contributed by atoms with Gasteiger partial charge in [-0.1, -0.05) is 5.21 Å². The van der Waals surface area contributed by atoms with Crippen LogP contribution >= 0.6 is 11.3 Å². The molecular formula is C12H15N5O2S. The second kappa shape index (κ2) is 5.68. The number of hydrogen-bond acceptors (Lipinski definition) is 6. The molecule has 1 fully saturated rings. The van der Waals surface area contributed by atoms with E-state index in [4.69, 9.17) is 0 Å². The number of thiazole rings is 1. The summed E-state index contributed by atoms with van der Waals surface area (Å²) in [4.78, 5) is 15.6. The van der Waals surface area contributed by atoms with Crippen molar-refractivity contribution in [3.8, 4) is 0 Å². The molecule has 8 heteroatoms. The average Bonchev–Trinajstić information content (AvgIpc) is 3.09. The molecule has 1 aliphatic heterocycles. The van der Waals surface area contributed by atoms with Gasteiger partial charge in [-0.15, -0.1) is 16.4 Å². The van der Waals surface area contributed by atoms with E-state index in [1.165, 1.54) is 11.3 Å². The Hall–Kier alpha value is -1.80. The number of nitrogens with zero attached hydrogens (tertiary/aromatic N) is 4. The van der Waals surface area contributed by atoms with Crippen molar-refractivity contribution >= 4 is 17.3 Å². The van der Waals surface area contributed by atoms with Crippen molar-refractivity contribution in [1.82, 2.24) is 25.3 Å². The molecule has 1 aliphatic rings. The Morgan fingerprint density at radius 1 is 1.50 bits per heavy atom. The van der Waals surface area contributed by atoms with E-state index < -0.39 is 5.97 Å². The van der Waals surface area contributed by atoms with E-state index >= 15 is 0 Å². The topological polar surface area (TPSA) is 92.9 Å². The van der Waals surface area contributed by atoms with E-state index in [2.05, 4.69) is 20.6 Å². The van der Waals surface area contributed by atoms with Crippen LogP contribution in [0, 0.1) is 0 Å². The van der Waals surface area contributed by atoms with Gasteiger partial charge in [0.2, 0.25) is 0 Å². The highest BCUT2D eigenvalue weighted by molar-refractivity contribution is 7.09. The number of nitrogens with one attached hydrogen (secondary N) is 1. The quantitative estimate of drug-likeness (QED) is 0.871. The summed E-state index contributed by atoms with van der Waals surface area (Å²) in [7, 11) is 0. The van der Waals surface area contributed by atoms with Crippen LogP contribution in [-0.4, -0.2) is 44.1 Å². The summed E-state index contributed by atoms with van der Waals surface area (Å²) >= 11 is 1.53. The molecule has 0 atom stereocenters. The minimum Gasteiger partial charge on any atom is -0.476 e. The van der Waals surface area contributed by atoms with Crippen LogP contribution in [0.15, 0.2) is 11.6 Å². The second-order valence-corrected chi connectivity index (χ2v) is 5.72. The van der Waals surface area contributed by atoms with Crippen LogP contribution in [0.5, 0.6) is 0 Å². The van der Waals surface area contributed by atoms with E-state index in [1.54, 1.807) is 10.9 Å². The van der Waals surface area contributed by atoms with Crippen LogP contribution in [0.3, 0.4) is 0 Å². The monoisotopic (exact) mass is 293 g/mol. The fourth-order valence-electron chi connectivity index (χ4n) is 2.55. The molecule has 0 spiro atoms. The highest BCUT2D eigenvalue weighted by Crippen LogP contribution is 2.27. The molecule has 106 valence electrons. The zero-order valence-electron chi connectivity index (χ0n) is 10.8. The Labute approximate surface area is 119 Å². The maximum atomic E-state index is 11.3. The van der Waals surface area contributed by atoms with Crippen LogP contribution in [0.1, 0.15) is 39.9 Å². The van der Waals surface area contributed by atoms with Gasteiger partial charge in [0, 0.05) is 17.5 Å². The minimum atomic E-state index is -1.01. The van der Waals surface area contributed by atoms with Gasteiger partial charge in [-0.3, -0.25) is 0 Å². The van der Waals surface area contributed by atoms with Gasteiger partial charge in [-0.2, -0.15) is 0 Å². The molecule has 0 unspecified atom stereocenters. The van der Waals surface area contributed by atoms with E-state index in [0.717, 1.165) is 36.6 Å². The van der Waals surface area contributed by atoms with Gasteiger partial charge < -0.3 is 10.4 Å². The Morgan fingerprint density at radius 2 is 2.30 bits per heavy atom. The van der Waals surface area contributed by atoms with E-state index in [0.29, 0.717) is 6.54 Å². The van der Waals surface area contributed by atoms with Crippen molar-refractivity contribution < 1.29 is 9.90 Å². The second-order valence-electron chi connectivity index (χ2n) is 4.74. The van der Waals surface area contributed by atoms with Crippen molar-refractivity contribution in [1.29, 1.82) is 0 Å². The summed E-state index contributed by atoms with van der Waals surface area (Å²) < 4.78 is 1.69. The van der Waals surface area contributed by atoms with Crippen molar-refractivity contribution in [2.75, 3.05) is 13.1 Å². The lowest BCUT2D eigenvalue weighted by molar-refractivity contribution is 0.0688. The molecular weight excluding hydrogens is 278 g/mol. The molecule has 1 saturated heterocycles. The maximum Gasteiger partial charge on any atom is 0.358 e. The van der Waals surface area contributed by atoms with Crippen LogP contribution in [0.25, 0.3) is 0 Å². The Kier molecular flexibility index (Phi) is 3.75. The summed E-state index contributed by atoms with van der Waals surface area (Å²) in [6.07, 6.45) is 3.55. The third kappa shape index (κ3) is 2.56. The molecule has 0 amide bonds. The van der Waals surface area contributed by atoms with Gasteiger partial charge in [-0.05, 0) is 25.9 Å². The van der Waals surface area contributed by atoms with Gasteiger partial charge in [-0.25, -0.2) is 14.5 Å². The zero-order valence-corrected chi connectivity index (χ0v) is 11.6. The predicted molar refractivity (Wildman–Crippen MR) is 73.0 cm³/mol. The molecule has 7 nitrogen and oxygen atoms in total. The molecule has 0 aliphatic carbocycles. The normalized spacial score (nSPS) is 16.4. The average molecular weight is 293 g/mol. The number of carbonyl (C=O) groups is 1. The van der Waals surface area contributed by atoms with Gasteiger partial charge in [0.15, 0.2) is 5.69 Å². The largest absolute Gasteiger partial charge is 0.476 e. The van der Waals surface area contributed by atoms with Gasteiger partial charge in [0.05, 0.1) is 12.2 Å². The number of aromatic nitrogens is 4. The lowest BCUT2D eigenvalue weighted by Gasteiger charge is -2.23. The summed E-state index contributed by atoms with van der Waals surface area (Å²) in [5.74, 6) is -0.818. The zero-order chi connectivity index (χ0) is 13.9. The molecule has 20 heavy (non-hydrogen) atoms. The first-order valence-corrected chi connectivity index (χ1v) is 7.39. The SMILES string of the molecule is O=C(O)c1nnn(Cc2nccs2)c1C1CCNCC1. The fraction of sp³-hybridized carbons (Fsp3) is 0.500. The van der Waals surface area contributed by atoms with E-state index in [9.17, 15) is 9.90 Å². The molecule has 0 bridgehead atoms. The number of piperidine rings is 1.